The van der Waals surface area contributed by atoms with Crippen LogP contribution in [0.1, 0.15) is 47.0 Å². The molecule has 0 radical (unpaired) electrons. The highest BCUT2D eigenvalue weighted by Crippen LogP contribution is 2.15. The lowest BCUT2D eigenvalue weighted by molar-refractivity contribution is -0.153. The van der Waals surface area contributed by atoms with E-state index < -0.39 is 11.5 Å². The fourth-order valence-corrected chi connectivity index (χ4v) is 1.23. The molecular formula is C14H24O3. The molecule has 0 bridgehead atoms. The third-order valence-electron chi connectivity index (χ3n) is 2.37. The summed E-state index contributed by atoms with van der Waals surface area (Å²) in [6, 6.07) is 0. The van der Waals surface area contributed by atoms with Gasteiger partial charge in [0.15, 0.2) is 0 Å². The Morgan fingerprint density at radius 1 is 1.47 bits per heavy atom. The quantitative estimate of drug-likeness (QED) is 0.441. The first-order valence-corrected chi connectivity index (χ1v) is 5.98. The largest absolute Gasteiger partial charge is 0.465 e. The van der Waals surface area contributed by atoms with Crippen molar-refractivity contribution in [1.82, 2.24) is 0 Å². The molecule has 1 unspecified atom stereocenters. The maximum atomic E-state index is 11.4. The Morgan fingerprint density at radius 3 is 2.53 bits per heavy atom. The number of hydrogen-bond acceptors (Lipinski definition) is 3. The molecule has 3 nitrogen and oxygen atoms in total. The van der Waals surface area contributed by atoms with Crippen LogP contribution in [0.25, 0.3) is 0 Å². The first-order valence-electron chi connectivity index (χ1n) is 5.98. The number of carbonyl (C=O) groups is 1. The summed E-state index contributed by atoms with van der Waals surface area (Å²) >= 11 is 0. The molecule has 0 aliphatic heterocycles. The Morgan fingerprint density at radius 2 is 2.06 bits per heavy atom. The summed E-state index contributed by atoms with van der Waals surface area (Å²) in [6.07, 6.45) is 1.47. The van der Waals surface area contributed by atoms with Crippen molar-refractivity contribution in [2.24, 2.45) is 5.41 Å². The van der Waals surface area contributed by atoms with E-state index in [4.69, 9.17) is 4.74 Å². The van der Waals surface area contributed by atoms with E-state index in [1.165, 1.54) is 0 Å². The van der Waals surface area contributed by atoms with E-state index >= 15 is 0 Å². The monoisotopic (exact) mass is 240 g/mol. The van der Waals surface area contributed by atoms with Crippen LogP contribution in [-0.4, -0.2) is 23.8 Å². The van der Waals surface area contributed by atoms with Crippen LogP contribution >= 0.6 is 0 Å². The fraction of sp³-hybridized carbons (Fsp3) is 0.714. The van der Waals surface area contributed by atoms with Gasteiger partial charge < -0.3 is 9.84 Å². The molecule has 0 saturated carbocycles. The fourth-order valence-electron chi connectivity index (χ4n) is 1.23. The molecule has 0 aromatic rings. The number of carbonyl (C=O) groups excluding carboxylic acids is 1. The summed E-state index contributed by atoms with van der Waals surface area (Å²) in [7, 11) is 0. The van der Waals surface area contributed by atoms with E-state index in [1.807, 2.05) is 27.7 Å². The minimum absolute atomic E-state index is 0.200. The number of aliphatic hydroxyl groups excluding tert-OH is 1. The summed E-state index contributed by atoms with van der Waals surface area (Å²) in [5.74, 6) is -0.200. The Balaban J connectivity index is 3.72. The molecule has 0 spiro atoms. The van der Waals surface area contributed by atoms with Crippen LogP contribution in [0.5, 0.6) is 0 Å². The maximum absolute atomic E-state index is 11.4. The standard InChI is InChI=1S/C14H24O3/c1-6-11(2)10-12(15)8-7-9-17-13(16)14(3,4)5/h12,15H,1,7-10H2,2-5H3. The van der Waals surface area contributed by atoms with Gasteiger partial charge in [-0.25, -0.2) is 0 Å². The van der Waals surface area contributed by atoms with Crippen LogP contribution in [0, 0.1) is 5.41 Å². The van der Waals surface area contributed by atoms with Gasteiger partial charge in [-0.2, -0.15) is 0 Å². The summed E-state index contributed by atoms with van der Waals surface area (Å²) in [5.41, 5.74) is 3.24. The van der Waals surface area contributed by atoms with E-state index in [-0.39, 0.29) is 5.97 Å². The Bertz CT molecular complexity index is 293. The summed E-state index contributed by atoms with van der Waals surface area (Å²) in [4.78, 5) is 11.4. The summed E-state index contributed by atoms with van der Waals surface area (Å²) in [6.45, 7) is 11.2. The zero-order chi connectivity index (χ0) is 13.5. The average molecular weight is 240 g/mol. The molecule has 1 atom stereocenters. The molecule has 0 aromatic heterocycles. The zero-order valence-corrected chi connectivity index (χ0v) is 11.4. The molecule has 0 aliphatic rings. The molecular weight excluding hydrogens is 216 g/mol. The Labute approximate surface area is 104 Å². The van der Waals surface area contributed by atoms with Crippen molar-refractivity contribution in [2.75, 3.05) is 6.61 Å². The predicted octanol–water partition coefficient (Wildman–Crippen LogP) is 2.84. The normalized spacial score (nSPS) is 12.8. The third kappa shape index (κ3) is 7.78. The highest BCUT2D eigenvalue weighted by Gasteiger charge is 2.22. The van der Waals surface area contributed by atoms with Crippen LogP contribution in [0.3, 0.4) is 0 Å². The maximum Gasteiger partial charge on any atom is 0.311 e. The van der Waals surface area contributed by atoms with Crippen molar-refractivity contribution in [3.8, 4) is 0 Å². The van der Waals surface area contributed by atoms with Gasteiger partial charge in [-0.1, -0.05) is 6.58 Å². The minimum atomic E-state index is -0.458. The van der Waals surface area contributed by atoms with Gasteiger partial charge >= 0.3 is 5.97 Å². The zero-order valence-electron chi connectivity index (χ0n) is 11.4. The predicted molar refractivity (Wildman–Crippen MR) is 68.6 cm³/mol. The second-order valence-corrected chi connectivity index (χ2v) is 5.34. The SMILES string of the molecule is C=C=C(C)CC(O)CCCOC(=O)C(C)(C)C. The van der Waals surface area contributed by atoms with Crippen molar-refractivity contribution in [2.45, 2.75) is 53.1 Å². The molecule has 0 amide bonds. The summed E-state index contributed by atoms with van der Waals surface area (Å²) < 4.78 is 5.10. The van der Waals surface area contributed by atoms with Gasteiger partial charge in [-0.3, -0.25) is 4.79 Å². The lowest BCUT2D eigenvalue weighted by Gasteiger charge is -2.17. The molecule has 0 aliphatic carbocycles. The number of hydrogen-bond donors (Lipinski definition) is 1. The first kappa shape index (κ1) is 16.0. The highest BCUT2D eigenvalue weighted by atomic mass is 16.5. The lowest BCUT2D eigenvalue weighted by Crippen LogP contribution is -2.23. The van der Waals surface area contributed by atoms with Gasteiger partial charge in [-0.05, 0) is 46.1 Å². The molecule has 0 rings (SSSR count). The van der Waals surface area contributed by atoms with Crippen molar-refractivity contribution in [1.29, 1.82) is 0 Å². The van der Waals surface area contributed by atoms with E-state index in [2.05, 4.69) is 12.3 Å². The second kappa shape index (κ2) is 7.31. The van der Waals surface area contributed by atoms with Crippen LogP contribution in [0.2, 0.25) is 0 Å². The number of esters is 1. The Kier molecular flexibility index (Phi) is 6.86. The van der Waals surface area contributed by atoms with Crippen LogP contribution in [-0.2, 0) is 9.53 Å². The van der Waals surface area contributed by atoms with Crippen molar-refractivity contribution < 1.29 is 14.6 Å². The van der Waals surface area contributed by atoms with Gasteiger partial charge in [0.1, 0.15) is 0 Å². The van der Waals surface area contributed by atoms with Crippen molar-refractivity contribution in [3.63, 3.8) is 0 Å². The molecule has 3 heteroatoms. The van der Waals surface area contributed by atoms with Gasteiger partial charge in [-0.15, -0.1) is 5.73 Å². The van der Waals surface area contributed by atoms with E-state index in [9.17, 15) is 9.90 Å². The molecule has 0 aromatic carbocycles. The minimum Gasteiger partial charge on any atom is -0.465 e. The molecule has 0 fully saturated rings. The number of rotatable bonds is 6. The van der Waals surface area contributed by atoms with Gasteiger partial charge in [0, 0.05) is 6.42 Å². The van der Waals surface area contributed by atoms with E-state index in [0.717, 1.165) is 5.57 Å². The molecule has 98 valence electrons. The van der Waals surface area contributed by atoms with Crippen molar-refractivity contribution in [3.05, 3.63) is 17.9 Å². The highest BCUT2D eigenvalue weighted by molar-refractivity contribution is 5.75. The second-order valence-electron chi connectivity index (χ2n) is 5.34. The summed E-state index contributed by atoms with van der Waals surface area (Å²) in [5, 5.41) is 9.65. The van der Waals surface area contributed by atoms with Crippen LogP contribution in [0.15, 0.2) is 17.9 Å². The third-order valence-corrected chi connectivity index (χ3v) is 2.37. The smallest absolute Gasteiger partial charge is 0.311 e. The number of ether oxygens (including phenoxy) is 1. The average Bonchev–Trinajstić information content (AvgIpc) is 2.22. The molecule has 17 heavy (non-hydrogen) atoms. The lowest BCUT2D eigenvalue weighted by atomic mass is 9.97. The topological polar surface area (TPSA) is 46.5 Å². The van der Waals surface area contributed by atoms with E-state index in [1.54, 1.807) is 0 Å². The molecule has 0 saturated heterocycles. The van der Waals surface area contributed by atoms with Gasteiger partial charge in [0.25, 0.3) is 0 Å². The Hall–Kier alpha value is -1.05. The number of aliphatic hydroxyl groups is 1. The molecule has 1 N–H and O–H groups in total. The first-order chi connectivity index (χ1) is 7.77. The van der Waals surface area contributed by atoms with Crippen LogP contribution in [0.4, 0.5) is 0 Å². The van der Waals surface area contributed by atoms with E-state index in [0.29, 0.717) is 25.9 Å². The van der Waals surface area contributed by atoms with Crippen LogP contribution < -0.4 is 0 Å². The van der Waals surface area contributed by atoms with Gasteiger partial charge in [0.05, 0.1) is 18.1 Å². The molecule has 0 heterocycles. The van der Waals surface area contributed by atoms with Gasteiger partial charge in [0.2, 0.25) is 0 Å². The van der Waals surface area contributed by atoms with Crippen molar-refractivity contribution >= 4 is 5.97 Å².